The van der Waals surface area contributed by atoms with Crippen LogP contribution in [0.3, 0.4) is 0 Å². The number of hydrogen-bond donors (Lipinski definition) is 1. The van der Waals surface area contributed by atoms with Crippen molar-refractivity contribution in [3.63, 3.8) is 0 Å². The molecule has 0 aliphatic rings. The molecule has 1 unspecified atom stereocenters. The van der Waals surface area contributed by atoms with Gasteiger partial charge in [0.2, 0.25) is 0 Å². The van der Waals surface area contributed by atoms with Crippen LogP contribution in [-0.4, -0.2) is 5.75 Å². The number of benzene rings is 2. The maximum absolute atomic E-state index is 14.0. The van der Waals surface area contributed by atoms with Gasteiger partial charge in [-0.3, -0.25) is 0 Å². The van der Waals surface area contributed by atoms with E-state index in [2.05, 4.69) is 15.9 Å². The average Bonchev–Trinajstić information content (AvgIpc) is 2.44. The second-order valence-corrected chi connectivity index (χ2v) is 6.81. The lowest BCUT2D eigenvalue weighted by atomic mass is 10.1. The number of thioether (sulfide) groups is 1. The summed E-state index contributed by atoms with van der Waals surface area (Å²) in [4.78, 5) is 0.924. The van der Waals surface area contributed by atoms with Crippen LogP contribution in [0.15, 0.2) is 45.8 Å². The molecule has 0 amide bonds. The third-order valence-electron chi connectivity index (χ3n) is 2.72. The van der Waals surface area contributed by atoms with Gasteiger partial charge in [0.15, 0.2) is 0 Å². The molecule has 2 aromatic carbocycles. The Morgan fingerprint density at radius 1 is 1.20 bits per heavy atom. The van der Waals surface area contributed by atoms with E-state index in [-0.39, 0.29) is 5.02 Å². The monoisotopic (exact) mass is 393 g/mol. The molecule has 1 atom stereocenters. The van der Waals surface area contributed by atoms with E-state index in [4.69, 9.17) is 28.9 Å². The normalized spacial score (nSPS) is 12.4. The Hall–Kier alpha value is -0.260. The van der Waals surface area contributed by atoms with Gasteiger partial charge in [-0.15, -0.1) is 11.8 Å². The van der Waals surface area contributed by atoms with Crippen LogP contribution in [0.4, 0.5) is 4.39 Å². The van der Waals surface area contributed by atoms with Crippen LogP contribution in [-0.2, 0) is 0 Å². The van der Waals surface area contributed by atoms with Crippen LogP contribution in [0.5, 0.6) is 0 Å². The van der Waals surface area contributed by atoms with Crippen molar-refractivity contribution in [2.75, 3.05) is 5.75 Å². The first kappa shape index (κ1) is 16.1. The zero-order valence-electron chi connectivity index (χ0n) is 10.2. The highest BCUT2D eigenvalue weighted by atomic mass is 79.9. The van der Waals surface area contributed by atoms with Crippen LogP contribution in [0.25, 0.3) is 0 Å². The fraction of sp³-hybridized carbons (Fsp3) is 0.143. The lowest BCUT2D eigenvalue weighted by Crippen LogP contribution is -2.15. The minimum absolute atomic E-state index is 0.0562. The van der Waals surface area contributed by atoms with Gasteiger partial charge < -0.3 is 5.73 Å². The Bertz CT molecular complexity index is 624. The highest BCUT2D eigenvalue weighted by molar-refractivity contribution is 9.10. The van der Waals surface area contributed by atoms with Crippen molar-refractivity contribution in [1.29, 1.82) is 0 Å². The summed E-state index contributed by atoms with van der Waals surface area (Å²) in [5.74, 6) is 0.0341. The second-order valence-electron chi connectivity index (χ2n) is 4.11. The molecule has 0 aliphatic heterocycles. The fourth-order valence-electron chi connectivity index (χ4n) is 1.66. The molecule has 0 saturated carbocycles. The first-order chi connectivity index (χ1) is 9.50. The summed E-state index contributed by atoms with van der Waals surface area (Å²) < 4.78 is 14.6. The molecule has 0 aliphatic carbocycles. The number of rotatable bonds is 4. The van der Waals surface area contributed by atoms with Gasteiger partial charge in [0.1, 0.15) is 5.82 Å². The summed E-state index contributed by atoms with van der Waals surface area (Å²) in [5, 5.41) is 0.722. The summed E-state index contributed by atoms with van der Waals surface area (Å²) in [7, 11) is 0. The molecule has 2 N–H and O–H groups in total. The molecule has 0 bridgehead atoms. The van der Waals surface area contributed by atoms with Crippen molar-refractivity contribution in [3.05, 3.63) is 62.3 Å². The summed E-state index contributed by atoms with van der Waals surface area (Å²) in [5.41, 5.74) is 6.44. The molecule has 0 radical (unpaired) electrons. The van der Waals surface area contributed by atoms with Gasteiger partial charge in [0, 0.05) is 26.7 Å². The van der Waals surface area contributed by atoms with E-state index >= 15 is 0 Å². The Balaban J connectivity index is 2.11. The molecule has 0 fully saturated rings. The molecule has 1 nitrogen and oxygen atoms in total. The summed E-state index contributed by atoms with van der Waals surface area (Å²) >= 11 is 16.6. The molecule has 0 heterocycles. The Labute approximate surface area is 139 Å². The van der Waals surface area contributed by atoms with E-state index in [1.807, 2.05) is 24.3 Å². The van der Waals surface area contributed by atoms with Crippen molar-refractivity contribution in [1.82, 2.24) is 0 Å². The maximum atomic E-state index is 14.0. The Kier molecular flexibility index (Phi) is 5.75. The van der Waals surface area contributed by atoms with Crippen LogP contribution in [0, 0.1) is 5.82 Å². The van der Waals surface area contributed by atoms with E-state index in [1.54, 1.807) is 12.1 Å². The molecule has 2 rings (SSSR count). The van der Waals surface area contributed by atoms with Gasteiger partial charge in [0.25, 0.3) is 0 Å². The van der Waals surface area contributed by atoms with E-state index in [0.29, 0.717) is 20.8 Å². The van der Waals surface area contributed by atoms with Gasteiger partial charge in [0.05, 0.1) is 10.0 Å². The zero-order valence-corrected chi connectivity index (χ0v) is 14.2. The maximum Gasteiger partial charge on any atom is 0.147 e. The van der Waals surface area contributed by atoms with Crippen molar-refractivity contribution >= 4 is 50.9 Å². The van der Waals surface area contributed by atoms with E-state index in [0.717, 1.165) is 4.90 Å². The van der Waals surface area contributed by atoms with Gasteiger partial charge in [-0.05, 0) is 34.1 Å². The standard InChI is InChI=1S/C14H11BrCl2FNS/c15-9-6-5-8(14(18)13(9)17)11(19)7-20-12-4-2-1-3-10(12)16/h1-6,11H,7,19H2. The van der Waals surface area contributed by atoms with E-state index in [9.17, 15) is 4.39 Å². The second kappa shape index (κ2) is 7.14. The summed E-state index contributed by atoms with van der Waals surface area (Å²) in [6, 6.07) is 10.4. The molecular formula is C14H11BrCl2FNS. The zero-order chi connectivity index (χ0) is 14.7. The van der Waals surface area contributed by atoms with Crippen LogP contribution in [0.2, 0.25) is 10.0 Å². The van der Waals surface area contributed by atoms with Crippen LogP contribution >= 0.6 is 50.9 Å². The van der Waals surface area contributed by atoms with Crippen molar-refractivity contribution in [2.24, 2.45) is 5.73 Å². The lowest BCUT2D eigenvalue weighted by molar-refractivity contribution is 0.595. The van der Waals surface area contributed by atoms with Crippen LogP contribution in [0.1, 0.15) is 11.6 Å². The Morgan fingerprint density at radius 3 is 2.60 bits per heavy atom. The summed E-state index contributed by atoms with van der Waals surface area (Å²) in [6.07, 6.45) is 0. The quantitative estimate of drug-likeness (QED) is 0.532. The van der Waals surface area contributed by atoms with Crippen molar-refractivity contribution < 1.29 is 4.39 Å². The third kappa shape index (κ3) is 3.68. The van der Waals surface area contributed by atoms with E-state index < -0.39 is 11.9 Å². The molecular weight excluding hydrogens is 384 g/mol. The SMILES string of the molecule is NC(CSc1ccccc1Cl)c1ccc(Br)c(Cl)c1F. The number of halogens is 4. The average molecular weight is 395 g/mol. The minimum Gasteiger partial charge on any atom is -0.323 e. The van der Waals surface area contributed by atoms with Crippen molar-refractivity contribution in [3.8, 4) is 0 Å². The molecule has 0 saturated heterocycles. The highest BCUT2D eigenvalue weighted by Crippen LogP contribution is 2.33. The first-order valence-corrected chi connectivity index (χ1v) is 8.30. The molecule has 0 spiro atoms. The molecule has 106 valence electrons. The number of nitrogens with two attached hydrogens (primary N) is 1. The van der Waals surface area contributed by atoms with Gasteiger partial charge in [-0.2, -0.15) is 0 Å². The predicted molar refractivity (Wildman–Crippen MR) is 88.2 cm³/mol. The molecule has 0 aromatic heterocycles. The number of hydrogen-bond acceptors (Lipinski definition) is 2. The van der Waals surface area contributed by atoms with Crippen molar-refractivity contribution in [2.45, 2.75) is 10.9 Å². The summed E-state index contributed by atoms with van der Waals surface area (Å²) in [6.45, 7) is 0. The topological polar surface area (TPSA) is 26.0 Å². The largest absolute Gasteiger partial charge is 0.323 e. The first-order valence-electron chi connectivity index (χ1n) is 5.77. The predicted octanol–water partition coefficient (Wildman–Crippen LogP) is 5.69. The third-order valence-corrected chi connectivity index (χ3v) is 5.61. The molecule has 20 heavy (non-hydrogen) atoms. The lowest BCUT2D eigenvalue weighted by Gasteiger charge is -2.14. The van der Waals surface area contributed by atoms with E-state index in [1.165, 1.54) is 11.8 Å². The molecule has 2 aromatic rings. The van der Waals surface area contributed by atoms with Gasteiger partial charge in [-0.1, -0.05) is 41.4 Å². The minimum atomic E-state index is -0.478. The van der Waals surface area contributed by atoms with Gasteiger partial charge >= 0.3 is 0 Å². The smallest absolute Gasteiger partial charge is 0.147 e. The molecule has 6 heteroatoms. The van der Waals surface area contributed by atoms with Crippen LogP contribution < -0.4 is 5.73 Å². The fourth-order valence-corrected chi connectivity index (χ4v) is 3.36. The highest BCUT2D eigenvalue weighted by Gasteiger charge is 2.16. The van der Waals surface area contributed by atoms with Gasteiger partial charge in [-0.25, -0.2) is 4.39 Å². The Morgan fingerprint density at radius 2 is 1.90 bits per heavy atom.